The zero-order valence-corrected chi connectivity index (χ0v) is 12.5. The summed E-state index contributed by atoms with van der Waals surface area (Å²) < 4.78 is 14.6. The molecule has 2 aromatic carbocycles. The zero-order valence-electron chi connectivity index (χ0n) is 11.5. The molecule has 0 bridgehead atoms. The van der Waals surface area contributed by atoms with Crippen LogP contribution in [0.3, 0.4) is 0 Å². The maximum atomic E-state index is 14.6. The van der Waals surface area contributed by atoms with E-state index in [4.69, 9.17) is 0 Å². The molecule has 100 valence electrons. The van der Waals surface area contributed by atoms with Crippen molar-refractivity contribution >= 4 is 13.3 Å². The Kier molecular flexibility index (Phi) is 3.87. The van der Waals surface area contributed by atoms with Crippen LogP contribution in [0, 0.1) is 5.82 Å². The van der Waals surface area contributed by atoms with Crippen molar-refractivity contribution in [3.8, 4) is 0 Å². The number of aliphatic hydroxyl groups excluding tert-OH is 1. The fourth-order valence-corrected chi connectivity index (χ4v) is 3.55. The summed E-state index contributed by atoms with van der Waals surface area (Å²) in [6, 6.07) is 14.5. The standard InChI is InChI=1S/C16H19FOSi/c1-19(2,3)14-11-7-10-13(15(14)17)16(18)12-8-5-4-6-9-12/h4-11,16,18H,1-3H3. The highest BCUT2D eigenvalue weighted by atomic mass is 28.3. The molecule has 0 aromatic heterocycles. The van der Waals surface area contributed by atoms with E-state index in [1.54, 1.807) is 6.07 Å². The Morgan fingerprint density at radius 2 is 1.58 bits per heavy atom. The average Bonchev–Trinajstić information content (AvgIpc) is 2.38. The predicted molar refractivity (Wildman–Crippen MR) is 79.9 cm³/mol. The van der Waals surface area contributed by atoms with E-state index in [1.165, 1.54) is 0 Å². The highest BCUT2D eigenvalue weighted by Crippen LogP contribution is 2.24. The third-order valence-electron chi connectivity index (χ3n) is 3.25. The molecular formula is C16H19FOSi. The molecule has 0 amide bonds. The van der Waals surface area contributed by atoms with Gasteiger partial charge in [0.15, 0.2) is 0 Å². The molecule has 3 heteroatoms. The molecule has 2 rings (SSSR count). The third-order valence-corrected chi connectivity index (χ3v) is 5.25. The van der Waals surface area contributed by atoms with Gasteiger partial charge in [-0.15, -0.1) is 0 Å². The summed E-state index contributed by atoms with van der Waals surface area (Å²) in [5.41, 5.74) is 1.08. The highest BCUT2D eigenvalue weighted by molar-refractivity contribution is 6.88. The molecule has 0 saturated heterocycles. The Morgan fingerprint density at radius 3 is 2.16 bits per heavy atom. The largest absolute Gasteiger partial charge is 0.384 e. The summed E-state index contributed by atoms with van der Waals surface area (Å²) in [7, 11) is -1.74. The second kappa shape index (κ2) is 5.27. The van der Waals surface area contributed by atoms with Crippen LogP contribution in [0.15, 0.2) is 48.5 Å². The van der Waals surface area contributed by atoms with Gasteiger partial charge in [0.1, 0.15) is 11.9 Å². The molecular weight excluding hydrogens is 255 g/mol. The van der Waals surface area contributed by atoms with Gasteiger partial charge in [-0.2, -0.15) is 0 Å². The van der Waals surface area contributed by atoms with Crippen LogP contribution in [0.25, 0.3) is 0 Å². The van der Waals surface area contributed by atoms with Crippen molar-refractivity contribution in [3.63, 3.8) is 0 Å². The quantitative estimate of drug-likeness (QED) is 0.850. The molecule has 1 N–H and O–H groups in total. The van der Waals surface area contributed by atoms with E-state index in [2.05, 4.69) is 19.6 Å². The van der Waals surface area contributed by atoms with Gasteiger partial charge in [0.05, 0.1) is 8.07 Å². The van der Waals surface area contributed by atoms with Crippen molar-refractivity contribution in [2.75, 3.05) is 0 Å². The minimum Gasteiger partial charge on any atom is -0.384 e. The highest BCUT2D eigenvalue weighted by Gasteiger charge is 2.24. The number of rotatable bonds is 3. The molecule has 0 fully saturated rings. The second-order valence-electron chi connectivity index (χ2n) is 5.77. The maximum absolute atomic E-state index is 14.6. The minimum absolute atomic E-state index is 0.252. The van der Waals surface area contributed by atoms with Crippen molar-refractivity contribution in [1.82, 2.24) is 0 Å². The number of halogens is 1. The van der Waals surface area contributed by atoms with Crippen LogP contribution in [0.4, 0.5) is 4.39 Å². The van der Waals surface area contributed by atoms with Gasteiger partial charge >= 0.3 is 0 Å². The minimum atomic E-state index is -1.74. The van der Waals surface area contributed by atoms with Crippen molar-refractivity contribution in [1.29, 1.82) is 0 Å². The molecule has 0 heterocycles. The lowest BCUT2D eigenvalue weighted by molar-refractivity contribution is 0.215. The van der Waals surface area contributed by atoms with Crippen LogP contribution in [-0.2, 0) is 0 Å². The summed E-state index contributed by atoms with van der Waals surface area (Å²) in [6.45, 7) is 6.30. The van der Waals surface area contributed by atoms with Gasteiger partial charge in [-0.25, -0.2) is 4.39 Å². The Labute approximate surface area is 114 Å². The Hall–Kier alpha value is -1.45. The normalized spacial score (nSPS) is 13.3. The second-order valence-corrected chi connectivity index (χ2v) is 10.8. The number of hydrogen-bond acceptors (Lipinski definition) is 1. The summed E-state index contributed by atoms with van der Waals surface area (Å²) >= 11 is 0. The number of benzene rings is 2. The molecule has 0 saturated carbocycles. The van der Waals surface area contributed by atoms with Crippen LogP contribution >= 0.6 is 0 Å². The van der Waals surface area contributed by atoms with Gasteiger partial charge < -0.3 is 5.11 Å². The smallest absolute Gasteiger partial charge is 0.128 e. The average molecular weight is 274 g/mol. The van der Waals surface area contributed by atoms with E-state index < -0.39 is 14.2 Å². The molecule has 2 aromatic rings. The van der Waals surface area contributed by atoms with E-state index in [9.17, 15) is 9.50 Å². The zero-order chi connectivity index (χ0) is 14.0. The summed E-state index contributed by atoms with van der Waals surface area (Å²) in [5.74, 6) is -0.252. The van der Waals surface area contributed by atoms with Gasteiger partial charge in [0.2, 0.25) is 0 Å². The molecule has 0 radical (unpaired) electrons. The topological polar surface area (TPSA) is 20.2 Å². The Balaban J connectivity index is 2.47. The first-order valence-electron chi connectivity index (χ1n) is 6.43. The fraction of sp³-hybridized carbons (Fsp3) is 0.250. The van der Waals surface area contributed by atoms with Crippen LogP contribution < -0.4 is 5.19 Å². The van der Waals surface area contributed by atoms with E-state index in [0.717, 1.165) is 5.19 Å². The van der Waals surface area contributed by atoms with E-state index >= 15 is 0 Å². The molecule has 19 heavy (non-hydrogen) atoms. The van der Waals surface area contributed by atoms with Gasteiger partial charge in [0, 0.05) is 5.56 Å². The monoisotopic (exact) mass is 274 g/mol. The first-order valence-corrected chi connectivity index (χ1v) is 9.93. The van der Waals surface area contributed by atoms with Crippen LogP contribution in [0.5, 0.6) is 0 Å². The molecule has 0 aliphatic carbocycles. The lowest BCUT2D eigenvalue weighted by Gasteiger charge is -2.21. The van der Waals surface area contributed by atoms with Crippen molar-refractivity contribution < 1.29 is 9.50 Å². The first-order chi connectivity index (χ1) is 8.91. The van der Waals surface area contributed by atoms with Gasteiger partial charge in [-0.1, -0.05) is 68.2 Å². The van der Waals surface area contributed by atoms with Gasteiger partial charge in [-0.3, -0.25) is 0 Å². The van der Waals surface area contributed by atoms with E-state index in [-0.39, 0.29) is 5.82 Å². The molecule has 1 unspecified atom stereocenters. The number of hydrogen-bond donors (Lipinski definition) is 1. The van der Waals surface area contributed by atoms with Gasteiger partial charge in [0.25, 0.3) is 0 Å². The number of aliphatic hydroxyl groups is 1. The Bertz CT molecular complexity index is 561. The van der Waals surface area contributed by atoms with Crippen molar-refractivity contribution in [3.05, 3.63) is 65.5 Å². The van der Waals surface area contributed by atoms with Crippen molar-refractivity contribution in [2.24, 2.45) is 0 Å². The fourth-order valence-electron chi connectivity index (χ4n) is 2.16. The molecule has 1 nitrogen and oxygen atoms in total. The molecule has 0 aliphatic rings. The lowest BCUT2D eigenvalue weighted by atomic mass is 10.0. The first kappa shape index (κ1) is 14.0. The Morgan fingerprint density at radius 1 is 0.947 bits per heavy atom. The van der Waals surface area contributed by atoms with Crippen LogP contribution in [0.1, 0.15) is 17.2 Å². The molecule has 0 spiro atoms. The van der Waals surface area contributed by atoms with E-state index in [1.807, 2.05) is 42.5 Å². The maximum Gasteiger partial charge on any atom is 0.128 e. The van der Waals surface area contributed by atoms with Crippen molar-refractivity contribution in [2.45, 2.75) is 25.7 Å². The summed E-state index contributed by atoms with van der Waals surface area (Å²) in [5, 5.41) is 11.1. The van der Waals surface area contributed by atoms with E-state index in [0.29, 0.717) is 11.1 Å². The molecule has 1 atom stereocenters. The van der Waals surface area contributed by atoms with Crippen LogP contribution in [0.2, 0.25) is 19.6 Å². The predicted octanol–water partition coefficient (Wildman–Crippen LogP) is 3.45. The molecule has 0 aliphatic heterocycles. The van der Waals surface area contributed by atoms with Gasteiger partial charge in [-0.05, 0) is 10.8 Å². The van der Waals surface area contributed by atoms with Crippen LogP contribution in [-0.4, -0.2) is 13.2 Å². The summed E-state index contributed by atoms with van der Waals surface area (Å²) in [6.07, 6.45) is -0.905. The SMILES string of the molecule is C[Si](C)(C)c1cccc(C(O)c2ccccc2)c1F. The summed E-state index contributed by atoms with van der Waals surface area (Å²) in [4.78, 5) is 0. The lowest BCUT2D eigenvalue weighted by Crippen LogP contribution is -2.40. The third kappa shape index (κ3) is 2.93.